The summed E-state index contributed by atoms with van der Waals surface area (Å²) in [5, 5.41) is 18.0. The lowest BCUT2D eigenvalue weighted by Crippen LogP contribution is -1.97. The van der Waals surface area contributed by atoms with Crippen LogP contribution >= 0.6 is 0 Å². The zero-order chi connectivity index (χ0) is 14.2. The van der Waals surface area contributed by atoms with E-state index in [1.165, 1.54) is 22.3 Å². The number of rotatable bonds is 7. The third-order valence-corrected chi connectivity index (χ3v) is 3.48. The molecule has 0 atom stereocenters. The molecule has 0 unspecified atom stereocenters. The van der Waals surface area contributed by atoms with Gasteiger partial charge in [-0.3, -0.25) is 0 Å². The topological polar surface area (TPSA) is 40.5 Å². The fourth-order valence-corrected chi connectivity index (χ4v) is 2.46. The van der Waals surface area contributed by atoms with Crippen LogP contribution in [-0.2, 0) is 12.8 Å². The van der Waals surface area contributed by atoms with Crippen LogP contribution in [0.4, 0.5) is 0 Å². The summed E-state index contributed by atoms with van der Waals surface area (Å²) >= 11 is 0. The molecule has 0 heterocycles. The third-order valence-electron chi connectivity index (χ3n) is 3.48. The molecule has 0 aliphatic rings. The second-order valence-electron chi connectivity index (χ2n) is 5.01. The summed E-state index contributed by atoms with van der Waals surface area (Å²) in [6.07, 6.45) is 3.36. The Morgan fingerprint density at radius 3 is 2.15 bits per heavy atom. The first-order valence-corrected chi connectivity index (χ1v) is 7.24. The number of aryl methyl sites for hydroxylation is 2. The maximum absolute atomic E-state index is 9.07. The Balaban J connectivity index is 2.30. The SMILES string of the molecule is OCCCc1ccc(-c2ccccc2)c(CCCO)c1. The highest BCUT2D eigenvalue weighted by Crippen LogP contribution is 2.26. The smallest absolute Gasteiger partial charge is 0.0434 e. The highest BCUT2D eigenvalue weighted by atomic mass is 16.3. The van der Waals surface area contributed by atoms with E-state index >= 15 is 0 Å². The van der Waals surface area contributed by atoms with Crippen LogP contribution in [0.1, 0.15) is 24.0 Å². The van der Waals surface area contributed by atoms with Crippen LogP contribution in [0.5, 0.6) is 0 Å². The van der Waals surface area contributed by atoms with Crippen molar-refractivity contribution in [2.45, 2.75) is 25.7 Å². The van der Waals surface area contributed by atoms with Crippen molar-refractivity contribution in [1.29, 1.82) is 0 Å². The molecule has 0 saturated carbocycles. The molecule has 0 aliphatic carbocycles. The quantitative estimate of drug-likeness (QED) is 0.811. The van der Waals surface area contributed by atoms with Gasteiger partial charge < -0.3 is 10.2 Å². The molecule has 0 aliphatic heterocycles. The first-order valence-electron chi connectivity index (χ1n) is 7.24. The van der Waals surface area contributed by atoms with Crippen molar-refractivity contribution in [2.24, 2.45) is 0 Å². The minimum atomic E-state index is 0.217. The van der Waals surface area contributed by atoms with Gasteiger partial charge in [-0.25, -0.2) is 0 Å². The van der Waals surface area contributed by atoms with Crippen LogP contribution in [0.25, 0.3) is 11.1 Å². The summed E-state index contributed by atoms with van der Waals surface area (Å²) in [5.74, 6) is 0. The zero-order valence-corrected chi connectivity index (χ0v) is 11.8. The first-order chi connectivity index (χ1) is 9.85. The third kappa shape index (κ3) is 3.92. The van der Waals surface area contributed by atoms with Gasteiger partial charge in [0.1, 0.15) is 0 Å². The van der Waals surface area contributed by atoms with Crippen LogP contribution in [0.2, 0.25) is 0 Å². The standard InChI is InChI=1S/C18H22O2/c19-12-4-6-15-10-11-18(16-7-2-1-3-8-16)17(14-15)9-5-13-20/h1-3,7-8,10-11,14,19-20H,4-6,9,12-13H2. The fourth-order valence-electron chi connectivity index (χ4n) is 2.46. The molecule has 2 heteroatoms. The lowest BCUT2D eigenvalue weighted by atomic mass is 9.93. The van der Waals surface area contributed by atoms with Crippen LogP contribution in [0, 0.1) is 0 Å². The maximum Gasteiger partial charge on any atom is 0.0434 e. The van der Waals surface area contributed by atoms with E-state index in [0.717, 1.165) is 25.7 Å². The predicted molar refractivity (Wildman–Crippen MR) is 82.7 cm³/mol. The first kappa shape index (κ1) is 14.8. The molecule has 2 N–H and O–H groups in total. The van der Waals surface area contributed by atoms with E-state index < -0.39 is 0 Å². The average Bonchev–Trinajstić information content (AvgIpc) is 2.51. The van der Waals surface area contributed by atoms with Crippen molar-refractivity contribution in [1.82, 2.24) is 0 Å². The monoisotopic (exact) mass is 270 g/mol. The maximum atomic E-state index is 9.07. The van der Waals surface area contributed by atoms with E-state index in [-0.39, 0.29) is 13.2 Å². The molecule has 0 bridgehead atoms. The van der Waals surface area contributed by atoms with E-state index in [1.807, 2.05) is 18.2 Å². The number of aliphatic hydroxyl groups is 2. The Labute approximate surface area is 120 Å². The van der Waals surface area contributed by atoms with E-state index in [2.05, 4.69) is 30.3 Å². The van der Waals surface area contributed by atoms with Crippen molar-refractivity contribution in [3.63, 3.8) is 0 Å². The van der Waals surface area contributed by atoms with Crippen molar-refractivity contribution in [3.8, 4) is 11.1 Å². The van der Waals surface area contributed by atoms with Crippen molar-refractivity contribution in [2.75, 3.05) is 13.2 Å². The van der Waals surface area contributed by atoms with Crippen molar-refractivity contribution < 1.29 is 10.2 Å². The van der Waals surface area contributed by atoms with E-state index in [4.69, 9.17) is 10.2 Å². The number of benzene rings is 2. The van der Waals surface area contributed by atoms with Crippen LogP contribution < -0.4 is 0 Å². The summed E-state index contributed by atoms with van der Waals surface area (Å²) < 4.78 is 0. The molecule has 2 aromatic carbocycles. The molecule has 20 heavy (non-hydrogen) atoms. The van der Waals surface area contributed by atoms with E-state index in [9.17, 15) is 0 Å². The second kappa shape index (κ2) is 7.83. The Bertz CT molecular complexity index is 520. The Morgan fingerprint density at radius 2 is 1.45 bits per heavy atom. The zero-order valence-electron chi connectivity index (χ0n) is 11.8. The average molecular weight is 270 g/mol. The van der Waals surface area contributed by atoms with Crippen LogP contribution in [0.3, 0.4) is 0 Å². The largest absolute Gasteiger partial charge is 0.396 e. The molecule has 0 radical (unpaired) electrons. The highest BCUT2D eigenvalue weighted by molar-refractivity contribution is 5.67. The molecule has 0 fully saturated rings. The normalized spacial score (nSPS) is 10.7. The van der Waals surface area contributed by atoms with Crippen LogP contribution in [-0.4, -0.2) is 23.4 Å². The minimum Gasteiger partial charge on any atom is -0.396 e. The molecular formula is C18H22O2. The summed E-state index contributed by atoms with van der Waals surface area (Å²) in [5.41, 5.74) is 4.99. The Hall–Kier alpha value is -1.64. The Kier molecular flexibility index (Phi) is 5.78. The van der Waals surface area contributed by atoms with Gasteiger partial charge in [0.05, 0.1) is 0 Å². The van der Waals surface area contributed by atoms with Gasteiger partial charge in [0.25, 0.3) is 0 Å². The fraction of sp³-hybridized carbons (Fsp3) is 0.333. The van der Waals surface area contributed by atoms with Gasteiger partial charge in [-0.15, -0.1) is 0 Å². The number of hydrogen-bond donors (Lipinski definition) is 2. The molecule has 106 valence electrons. The van der Waals surface area contributed by atoms with Crippen molar-refractivity contribution >= 4 is 0 Å². The predicted octanol–water partition coefficient (Wildman–Crippen LogP) is 3.20. The molecule has 2 nitrogen and oxygen atoms in total. The Morgan fingerprint density at radius 1 is 0.750 bits per heavy atom. The van der Waals surface area contributed by atoms with Crippen LogP contribution in [0.15, 0.2) is 48.5 Å². The van der Waals surface area contributed by atoms with Crippen molar-refractivity contribution in [3.05, 3.63) is 59.7 Å². The van der Waals surface area contributed by atoms with E-state index in [0.29, 0.717) is 0 Å². The summed E-state index contributed by atoms with van der Waals surface area (Å²) in [6, 6.07) is 16.9. The molecule has 0 aromatic heterocycles. The van der Waals surface area contributed by atoms with Gasteiger partial charge in [-0.2, -0.15) is 0 Å². The number of aliphatic hydroxyl groups excluding tert-OH is 2. The lowest BCUT2D eigenvalue weighted by molar-refractivity contribution is 0.288. The highest BCUT2D eigenvalue weighted by Gasteiger charge is 2.06. The van der Waals surface area contributed by atoms with Gasteiger partial charge in [0, 0.05) is 13.2 Å². The molecular weight excluding hydrogens is 248 g/mol. The minimum absolute atomic E-state index is 0.217. The summed E-state index contributed by atoms with van der Waals surface area (Å²) in [7, 11) is 0. The molecule has 0 saturated heterocycles. The molecule has 2 aromatic rings. The second-order valence-corrected chi connectivity index (χ2v) is 5.01. The van der Waals surface area contributed by atoms with Gasteiger partial charge >= 0.3 is 0 Å². The number of hydrogen-bond acceptors (Lipinski definition) is 2. The molecule has 2 rings (SSSR count). The summed E-state index contributed by atoms with van der Waals surface area (Å²) in [6.45, 7) is 0.446. The van der Waals surface area contributed by atoms with Gasteiger partial charge in [0.2, 0.25) is 0 Å². The summed E-state index contributed by atoms with van der Waals surface area (Å²) in [4.78, 5) is 0. The van der Waals surface area contributed by atoms with Gasteiger partial charge in [0.15, 0.2) is 0 Å². The molecule has 0 spiro atoms. The molecule has 0 amide bonds. The van der Waals surface area contributed by atoms with Gasteiger partial charge in [-0.05, 0) is 47.9 Å². The lowest BCUT2D eigenvalue weighted by Gasteiger charge is -2.12. The van der Waals surface area contributed by atoms with E-state index in [1.54, 1.807) is 0 Å². The van der Waals surface area contributed by atoms with Gasteiger partial charge in [-0.1, -0.05) is 48.5 Å².